The smallest absolute Gasteiger partial charge is 0.251 e. The van der Waals surface area contributed by atoms with Crippen molar-refractivity contribution in [2.75, 3.05) is 58.3 Å². The zero-order chi connectivity index (χ0) is 20.0. The van der Waals surface area contributed by atoms with Crippen LogP contribution >= 0.6 is 0 Å². The molecule has 1 aromatic carbocycles. The summed E-state index contributed by atoms with van der Waals surface area (Å²) < 4.78 is 0. The van der Waals surface area contributed by atoms with Gasteiger partial charge in [-0.3, -0.25) is 9.59 Å². The number of benzene rings is 1. The fourth-order valence-corrected chi connectivity index (χ4v) is 3.16. The van der Waals surface area contributed by atoms with Crippen molar-refractivity contribution >= 4 is 17.5 Å². The summed E-state index contributed by atoms with van der Waals surface area (Å²) in [5, 5.41) is 2.96. The van der Waals surface area contributed by atoms with Crippen LogP contribution in [-0.4, -0.2) is 75.0 Å². The summed E-state index contributed by atoms with van der Waals surface area (Å²) in [6.07, 6.45) is 0.939. The summed E-state index contributed by atoms with van der Waals surface area (Å²) in [7, 11) is 4.05. The van der Waals surface area contributed by atoms with Gasteiger partial charge in [-0.25, -0.2) is 0 Å². The summed E-state index contributed by atoms with van der Waals surface area (Å²) in [4.78, 5) is 30.9. The molecule has 0 spiro atoms. The molecule has 1 aliphatic heterocycles. The molecule has 0 atom stereocenters. The molecule has 6 nitrogen and oxygen atoms in total. The average molecular weight is 375 g/mol. The Hall–Kier alpha value is -2.08. The Balaban J connectivity index is 1.84. The van der Waals surface area contributed by atoms with E-state index >= 15 is 0 Å². The number of nitrogens with zero attached hydrogens (tertiary/aromatic N) is 3. The van der Waals surface area contributed by atoms with Gasteiger partial charge in [-0.05, 0) is 51.3 Å². The Morgan fingerprint density at radius 2 is 1.63 bits per heavy atom. The molecule has 1 aliphatic rings. The fraction of sp³-hybridized carbons (Fsp3) is 0.619. The monoisotopic (exact) mass is 374 g/mol. The molecule has 1 aromatic rings. The molecule has 1 saturated heterocycles. The van der Waals surface area contributed by atoms with E-state index in [1.54, 1.807) is 0 Å². The number of carbonyl (C=O) groups excluding carboxylic acids is 2. The molecule has 1 fully saturated rings. The van der Waals surface area contributed by atoms with E-state index in [1.807, 2.05) is 64.0 Å². The number of rotatable bonds is 6. The van der Waals surface area contributed by atoms with Crippen LogP contribution in [0, 0.1) is 5.41 Å². The first-order valence-electron chi connectivity index (χ1n) is 9.76. The Morgan fingerprint density at radius 1 is 1.04 bits per heavy atom. The lowest BCUT2D eigenvalue weighted by molar-refractivity contribution is -0.139. The van der Waals surface area contributed by atoms with Crippen LogP contribution in [0.25, 0.3) is 0 Å². The minimum Gasteiger partial charge on any atom is -0.368 e. The van der Waals surface area contributed by atoms with Crippen molar-refractivity contribution in [1.29, 1.82) is 0 Å². The van der Waals surface area contributed by atoms with Crippen LogP contribution in [0.3, 0.4) is 0 Å². The van der Waals surface area contributed by atoms with E-state index in [9.17, 15) is 9.59 Å². The van der Waals surface area contributed by atoms with Crippen molar-refractivity contribution in [3.63, 3.8) is 0 Å². The number of amides is 2. The van der Waals surface area contributed by atoms with Crippen LogP contribution in [0.2, 0.25) is 0 Å². The molecule has 0 unspecified atom stereocenters. The van der Waals surface area contributed by atoms with E-state index in [4.69, 9.17) is 0 Å². The highest BCUT2D eigenvalue weighted by Crippen LogP contribution is 2.21. The van der Waals surface area contributed by atoms with Crippen molar-refractivity contribution in [2.45, 2.75) is 27.2 Å². The van der Waals surface area contributed by atoms with Crippen molar-refractivity contribution in [2.24, 2.45) is 5.41 Å². The molecule has 1 heterocycles. The second-order valence-corrected chi connectivity index (χ2v) is 8.49. The van der Waals surface area contributed by atoms with Gasteiger partial charge >= 0.3 is 0 Å². The Labute approximate surface area is 163 Å². The fourth-order valence-electron chi connectivity index (χ4n) is 3.16. The standard InChI is InChI=1S/C21H34N4O2/c1-21(2,3)20(27)25-15-13-24(14-16-25)18-9-7-17(8-10-18)19(26)22-11-6-12-23(4)5/h7-10H,6,11-16H2,1-5H3,(H,22,26). The summed E-state index contributed by atoms with van der Waals surface area (Å²) in [5.74, 6) is 0.185. The Morgan fingerprint density at radius 3 is 2.15 bits per heavy atom. The highest BCUT2D eigenvalue weighted by molar-refractivity contribution is 5.94. The van der Waals surface area contributed by atoms with Crippen LogP contribution in [0.1, 0.15) is 37.6 Å². The second-order valence-electron chi connectivity index (χ2n) is 8.49. The minimum atomic E-state index is -0.330. The lowest BCUT2D eigenvalue weighted by atomic mass is 9.94. The Bertz CT molecular complexity index is 627. The number of anilines is 1. The van der Waals surface area contributed by atoms with Crippen LogP contribution in [0.5, 0.6) is 0 Å². The van der Waals surface area contributed by atoms with Crippen LogP contribution < -0.4 is 10.2 Å². The lowest BCUT2D eigenvalue weighted by Crippen LogP contribution is -2.51. The van der Waals surface area contributed by atoms with Gasteiger partial charge < -0.3 is 20.0 Å². The topological polar surface area (TPSA) is 55.9 Å². The molecule has 2 rings (SSSR count). The molecule has 0 aromatic heterocycles. The third-order valence-corrected chi connectivity index (χ3v) is 4.77. The van der Waals surface area contributed by atoms with E-state index in [2.05, 4.69) is 15.1 Å². The largest absolute Gasteiger partial charge is 0.368 e. The molecule has 27 heavy (non-hydrogen) atoms. The van der Waals surface area contributed by atoms with Gasteiger partial charge in [0.05, 0.1) is 0 Å². The molecule has 150 valence electrons. The maximum Gasteiger partial charge on any atom is 0.251 e. The third-order valence-electron chi connectivity index (χ3n) is 4.77. The number of hydrogen-bond donors (Lipinski definition) is 1. The molecule has 0 bridgehead atoms. The molecular formula is C21H34N4O2. The van der Waals surface area contributed by atoms with Gasteiger partial charge in [-0.2, -0.15) is 0 Å². The highest BCUT2D eigenvalue weighted by atomic mass is 16.2. The number of carbonyl (C=O) groups is 2. The van der Waals surface area contributed by atoms with Crippen molar-refractivity contribution in [3.05, 3.63) is 29.8 Å². The van der Waals surface area contributed by atoms with Crippen molar-refractivity contribution < 1.29 is 9.59 Å². The van der Waals surface area contributed by atoms with E-state index in [0.29, 0.717) is 12.1 Å². The van der Waals surface area contributed by atoms with Crippen molar-refractivity contribution in [1.82, 2.24) is 15.1 Å². The number of nitrogens with one attached hydrogen (secondary N) is 1. The predicted octanol–water partition coefficient (Wildman–Crippen LogP) is 2.06. The molecule has 0 saturated carbocycles. The van der Waals surface area contributed by atoms with Crippen molar-refractivity contribution in [3.8, 4) is 0 Å². The molecule has 0 aliphatic carbocycles. The van der Waals surface area contributed by atoms with Gasteiger partial charge in [0.25, 0.3) is 5.91 Å². The van der Waals surface area contributed by atoms with Gasteiger partial charge in [0, 0.05) is 49.4 Å². The lowest BCUT2D eigenvalue weighted by Gasteiger charge is -2.38. The van der Waals surface area contributed by atoms with Gasteiger partial charge in [-0.15, -0.1) is 0 Å². The van der Waals surface area contributed by atoms with Gasteiger partial charge in [0.2, 0.25) is 5.91 Å². The second kappa shape index (κ2) is 9.22. The molecule has 1 N–H and O–H groups in total. The van der Waals surface area contributed by atoms with E-state index < -0.39 is 0 Å². The summed E-state index contributed by atoms with van der Waals surface area (Å²) in [6, 6.07) is 7.75. The summed E-state index contributed by atoms with van der Waals surface area (Å²) >= 11 is 0. The van der Waals surface area contributed by atoms with Crippen LogP contribution in [0.15, 0.2) is 24.3 Å². The summed E-state index contributed by atoms with van der Waals surface area (Å²) in [5.41, 5.74) is 1.45. The zero-order valence-corrected chi connectivity index (χ0v) is 17.4. The quantitative estimate of drug-likeness (QED) is 0.775. The molecule has 0 radical (unpaired) electrons. The first kappa shape index (κ1) is 21.2. The van der Waals surface area contributed by atoms with Crippen LogP contribution in [0.4, 0.5) is 5.69 Å². The molecular weight excluding hydrogens is 340 g/mol. The first-order chi connectivity index (χ1) is 12.7. The van der Waals surface area contributed by atoms with Crippen LogP contribution in [-0.2, 0) is 4.79 Å². The highest BCUT2D eigenvalue weighted by Gasteiger charge is 2.29. The Kier molecular flexibility index (Phi) is 7.25. The minimum absolute atomic E-state index is 0.0269. The van der Waals surface area contributed by atoms with Gasteiger partial charge in [0.15, 0.2) is 0 Å². The average Bonchev–Trinajstić information content (AvgIpc) is 2.64. The normalized spacial score (nSPS) is 15.2. The van der Waals surface area contributed by atoms with Gasteiger partial charge in [0.1, 0.15) is 0 Å². The maximum absolute atomic E-state index is 12.4. The number of piperazine rings is 1. The first-order valence-corrected chi connectivity index (χ1v) is 9.76. The SMILES string of the molecule is CN(C)CCCNC(=O)c1ccc(N2CCN(C(=O)C(C)(C)C)CC2)cc1. The predicted molar refractivity (Wildman–Crippen MR) is 110 cm³/mol. The van der Waals surface area contributed by atoms with E-state index in [0.717, 1.165) is 44.8 Å². The number of hydrogen-bond acceptors (Lipinski definition) is 4. The zero-order valence-electron chi connectivity index (χ0n) is 17.4. The third kappa shape index (κ3) is 6.24. The van der Waals surface area contributed by atoms with E-state index in [-0.39, 0.29) is 17.2 Å². The van der Waals surface area contributed by atoms with E-state index in [1.165, 1.54) is 0 Å². The van der Waals surface area contributed by atoms with Gasteiger partial charge in [-0.1, -0.05) is 20.8 Å². The molecule has 6 heteroatoms. The summed E-state index contributed by atoms with van der Waals surface area (Å²) in [6.45, 7) is 10.7. The molecule has 2 amide bonds. The maximum atomic E-state index is 12.4.